The van der Waals surface area contributed by atoms with Gasteiger partial charge in [-0.15, -0.1) is 0 Å². The van der Waals surface area contributed by atoms with Crippen LogP contribution in [0.25, 0.3) is 11.3 Å². The van der Waals surface area contributed by atoms with Crippen molar-refractivity contribution < 1.29 is 9.21 Å². The van der Waals surface area contributed by atoms with E-state index < -0.39 is 0 Å². The quantitative estimate of drug-likeness (QED) is 0.288. The highest BCUT2D eigenvalue weighted by Gasteiger charge is 2.42. The van der Waals surface area contributed by atoms with Crippen LogP contribution in [0, 0.1) is 6.92 Å². The van der Waals surface area contributed by atoms with Crippen molar-refractivity contribution >= 4 is 44.9 Å². The Labute approximate surface area is 217 Å². The van der Waals surface area contributed by atoms with E-state index in [1.54, 1.807) is 6.20 Å². The molecular formula is C27H23BrN4O2S. The zero-order valence-corrected chi connectivity index (χ0v) is 21.3. The van der Waals surface area contributed by atoms with Crippen molar-refractivity contribution in [3.63, 3.8) is 0 Å². The van der Waals surface area contributed by atoms with E-state index in [1.165, 1.54) is 0 Å². The summed E-state index contributed by atoms with van der Waals surface area (Å²) >= 11 is 9.32. The van der Waals surface area contributed by atoms with Crippen LogP contribution >= 0.6 is 28.1 Å². The molecule has 0 radical (unpaired) electrons. The third-order valence-electron chi connectivity index (χ3n) is 5.88. The highest BCUT2D eigenvalue weighted by Crippen LogP contribution is 2.41. The molecule has 176 valence electrons. The Morgan fingerprint density at radius 2 is 1.91 bits per heavy atom. The Hall–Kier alpha value is -3.49. The molecule has 1 aliphatic rings. The van der Waals surface area contributed by atoms with E-state index in [0.29, 0.717) is 10.9 Å². The fourth-order valence-corrected chi connectivity index (χ4v) is 5.23. The van der Waals surface area contributed by atoms with Crippen LogP contribution in [-0.4, -0.2) is 27.4 Å². The summed E-state index contributed by atoms with van der Waals surface area (Å²) in [6.45, 7) is 2.11. The maximum atomic E-state index is 12.9. The standard InChI is InChI=1S/C27H23BrN4O2S/c1-17-10-11-19(20(28)15-17)22-12-13-23(34-22)26-25(21-9-5-6-14-29-21)31-27(35)32(26)16-24(33)30-18-7-3-2-4-8-18/h2-15,25-26H,16H2,1H3,(H,30,33)(H,31,35). The lowest BCUT2D eigenvalue weighted by Crippen LogP contribution is -2.36. The fraction of sp³-hybridized carbons (Fsp3) is 0.148. The van der Waals surface area contributed by atoms with E-state index in [9.17, 15) is 4.79 Å². The molecule has 1 fully saturated rings. The van der Waals surface area contributed by atoms with Gasteiger partial charge in [0.25, 0.3) is 0 Å². The maximum Gasteiger partial charge on any atom is 0.244 e. The van der Waals surface area contributed by atoms with Crippen LogP contribution in [0.4, 0.5) is 5.69 Å². The summed E-state index contributed by atoms with van der Waals surface area (Å²) in [5.41, 5.74) is 3.67. The molecule has 0 spiro atoms. The number of rotatable bonds is 6. The molecule has 0 aliphatic carbocycles. The summed E-state index contributed by atoms with van der Waals surface area (Å²) in [6, 6.07) is 24.5. The molecule has 2 aromatic carbocycles. The molecule has 3 heterocycles. The lowest BCUT2D eigenvalue weighted by atomic mass is 10.0. The summed E-state index contributed by atoms with van der Waals surface area (Å²) in [7, 11) is 0. The molecular weight excluding hydrogens is 524 g/mol. The molecule has 5 rings (SSSR count). The minimum absolute atomic E-state index is 0.0684. The fourth-order valence-electron chi connectivity index (χ4n) is 4.24. The number of anilines is 1. The van der Waals surface area contributed by atoms with Crippen LogP contribution in [0.3, 0.4) is 0 Å². The lowest BCUT2D eigenvalue weighted by Gasteiger charge is -2.25. The second-order valence-corrected chi connectivity index (χ2v) is 9.60. The van der Waals surface area contributed by atoms with Crippen LogP contribution < -0.4 is 10.6 Å². The second kappa shape index (κ2) is 10.0. The number of hydrogen-bond donors (Lipinski definition) is 2. The monoisotopic (exact) mass is 546 g/mol. The van der Waals surface area contributed by atoms with Gasteiger partial charge < -0.3 is 20.0 Å². The highest BCUT2D eigenvalue weighted by molar-refractivity contribution is 9.10. The summed E-state index contributed by atoms with van der Waals surface area (Å²) < 4.78 is 7.33. The molecule has 4 aromatic rings. The van der Waals surface area contributed by atoms with Gasteiger partial charge in [-0.05, 0) is 73.2 Å². The molecule has 1 saturated heterocycles. The topological polar surface area (TPSA) is 70.4 Å². The van der Waals surface area contributed by atoms with Crippen molar-refractivity contribution in [1.29, 1.82) is 0 Å². The average molecular weight is 547 g/mol. The van der Waals surface area contributed by atoms with Crippen LogP contribution in [0.15, 0.2) is 93.9 Å². The molecule has 1 aliphatic heterocycles. The van der Waals surface area contributed by atoms with Crippen LogP contribution in [0.1, 0.15) is 29.1 Å². The Bertz CT molecular complexity index is 1360. The zero-order chi connectivity index (χ0) is 24.4. The number of hydrogen-bond acceptors (Lipinski definition) is 4. The maximum absolute atomic E-state index is 12.9. The van der Waals surface area contributed by atoms with E-state index in [0.717, 1.165) is 32.7 Å². The van der Waals surface area contributed by atoms with E-state index in [2.05, 4.69) is 37.6 Å². The van der Waals surface area contributed by atoms with Crippen LogP contribution in [-0.2, 0) is 4.79 Å². The van der Waals surface area contributed by atoms with Crippen molar-refractivity contribution in [1.82, 2.24) is 15.2 Å². The molecule has 2 aromatic heterocycles. The highest BCUT2D eigenvalue weighted by atomic mass is 79.9. The minimum Gasteiger partial charge on any atom is -0.459 e. The van der Waals surface area contributed by atoms with E-state index >= 15 is 0 Å². The van der Waals surface area contributed by atoms with E-state index in [4.69, 9.17) is 16.6 Å². The summed E-state index contributed by atoms with van der Waals surface area (Å²) in [5, 5.41) is 6.77. The number of carbonyl (C=O) groups excluding carboxylic acids is 1. The third-order valence-corrected chi connectivity index (χ3v) is 6.89. The molecule has 2 unspecified atom stereocenters. The van der Waals surface area contributed by atoms with Crippen molar-refractivity contribution in [2.75, 3.05) is 11.9 Å². The molecule has 2 atom stereocenters. The van der Waals surface area contributed by atoms with Gasteiger partial charge in [0.1, 0.15) is 24.1 Å². The number of furan rings is 1. The van der Waals surface area contributed by atoms with Gasteiger partial charge >= 0.3 is 0 Å². The molecule has 1 amide bonds. The van der Waals surface area contributed by atoms with Gasteiger partial charge in [0.2, 0.25) is 5.91 Å². The Balaban J connectivity index is 1.47. The summed E-state index contributed by atoms with van der Waals surface area (Å²) in [5.74, 6) is 1.27. The molecule has 6 nitrogen and oxygen atoms in total. The first-order valence-corrected chi connectivity index (χ1v) is 12.4. The van der Waals surface area contributed by atoms with Crippen molar-refractivity contribution in [3.8, 4) is 11.3 Å². The molecule has 2 N–H and O–H groups in total. The van der Waals surface area contributed by atoms with Gasteiger partial charge in [0, 0.05) is 21.9 Å². The number of thiocarbonyl (C=S) groups is 1. The van der Waals surface area contributed by atoms with Gasteiger partial charge in [-0.25, -0.2) is 0 Å². The number of halogens is 1. The van der Waals surface area contributed by atoms with Crippen molar-refractivity contribution in [2.24, 2.45) is 0 Å². The number of para-hydroxylation sites is 1. The zero-order valence-electron chi connectivity index (χ0n) is 18.9. The number of nitrogens with one attached hydrogen (secondary N) is 2. The number of benzene rings is 2. The molecule has 8 heteroatoms. The number of nitrogens with zero attached hydrogens (tertiary/aromatic N) is 2. The third kappa shape index (κ3) is 4.99. The van der Waals surface area contributed by atoms with Crippen LogP contribution in [0.5, 0.6) is 0 Å². The van der Waals surface area contributed by atoms with Crippen LogP contribution in [0.2, 0.25) is 0 Å². The number of carbonyl (C=O) groups is 1. The smallest absolute Gasteiger partial charge is 0.244 e. The van der Waals surface area contributed by atoms with Gasteiger partial charge in [-0.2, -0.15) is 0 Å². The lowest BCUT2D eigenvalue weighted by molar-refractivity contribution is -0.116. The number of pyridine rings is 1. The first-order chi connectivity index (χ1) is 17.0. The molecule has 0 bridgehead atoms. The second-order valence-electron chi connectivity index (χ2n) is 8.35. The summed E-state index contributed by atoms with van der Waals surface area (Å²) in [6.07, 6.45) is 1.75. The van der Waals surface area contributed by atoms with Gasteiger partial charge in [0.05, 0.1) is 11.7 Å². The van der Waals surface area contributed by atoms with Crippen molar-refractivity contribution in [3.05, 3.63) is 107 Å². The number of amides is 1. The van der Waals surface area contributed by atoms with Crippen molar-refractivity contribution in [2.45, 2.75) is 19.0 Å². The summed E-state index contributed by atoms with van der Waals surface area (Å²) in [4.78, 5) is 19.3. The molecule has 0 saturated carbocycles. The normalized spacial score (nSPS) is 17.3. The number of aromatic nitrogens is 1. The first kappa shape index (κ1) is 23.3. The average Bonchev–Trinajstić information content (AvgIpc) is 3.45. The largest absolute Gasteiger partial charge is 0.459 e. The Morgan fingerprint density at radius 3 is 2.66 bits per heavy atom. The number of aryl methyl sites for hydroxylation is 1. The minimum atomic E-state index is -0.350. The molecule has 35 heavy (non-hydrogen) atoms. The van der Waals surface area contributed by atoms with Gasteiger partial charge in [0.15, 0.2) is 5.11 Å². The predicted molar refractivity (Wildman–Crippen MR) is 144 cm³/mol. The Morgan fingerprint density at radius 1 is 1.11 bits per heavy atom. The van der Waals surface area contributed by atoms with E-state index in [1.807, 2.05) is 84.6 Å². The van der Waals surface area contributed by atoms with Gasteiger partial charge in [-0.1, -0.05) is 46.3 Å². The Kier molecular flexibility index (Phi) is 6.66. The SMILES string of the molecule is Cc1ccc(-c2ccc(C3C(c4ccccn4)NC(=S)N3CC(=O)Nc3ccccc3)o2)c(Br)c1. The van der Waals surface area contributed by atoms with E-state index in [-0.39, 0.29) is 24.5 Å². The predicted octanol–water partition coefficient (Wildman–Crippen LogP) is 6.02. The first-order valence-electron chi connectivity index (χ1n) is 11.2. The van der Waals surface area contributed by atoms with Gasteiger partial charge in [-0.3, -0.25) is 9.78 Å².